The Kier molecular flexibility index (Phi) is 2.54. The number of H-pyrrole nitrogens is 1. The molecule has 14 heavy (non-hydrogen) atoms. The molecule has 3 nitrogen and oxygen atoms in total. The second-order valence-corrected chi connectivity index (χ2v) is 3.91. The highest BCUT2D eigenvalue weighted by atomic mass is 79.9. The molecular weight excluding hydrogens is 246 g/mol. The van der Waals surface area contributed by atoms with Crippen LogP contribution in [0.15, 0.2) is 44.1 Å². The fourth-order valence-electron chi connectivity index (χ4n) is 1.23. The normalized spacial score (nSPS) is 10.4. The molecular formula is C10H8BrNO2. The van der Waals surface area contributed by atoms with Crippen molar-refractivity contribution in [3.05, 3.63) is 56.5 Å². The van der Waals surface area contributed by atoms with Crippen molar-refractivity contribution in [2.75, 3.05) is 0 Å². The second-order valence-electron chi connectivity index (χ2n) is 3.00. The van der Waals surface area contributed by atoms with Gasteiger partial charge in [-0.3, -0.25) is 0 Å². The lowest BCUT2D eigenvalue weighted by atomic mass is 10.1. The van der Waals surface area contributed by atoms with Gasteiger partial charge in [0, 0.05) is 17.0 Å². The third-order valence-electron chi connectivity index (χ3n) is 1.88. The first kappa shape index (κ1) is 9.27. The van der Waals surface area contributed by atoms with E-state index in [1.54, 1.807) is 0 Å². The molecule has 0 saturated carbocycles. The molecule has 0 radical (unpaired) electrons. The summed E-state index contributed by atoms with van der Waals surface area (Å²) in [6, 6.07) is 9.38. The molecule has 2 rings (SSSR count). The van der Waals surface area contributed by atoms with E-state index >= 15 is 0 Å². The summed E-state index contributed by atoms with van der Waals surface area (Å²) >= 11 is 3.36. The van der Waals surface area contributed by atoms with Crippen LogP contribution in [0.1, 0.15) is 11.3 Å². The fourth-order valence-corrected chi connectivity index (χ4v) is 1.49. The van der Waals surface area contributed by atoms with Crippen LogP contribution in [0.25, 0.3) is 0 Å². The molecule has 0 saturated heterocycles. The van der Waals surface area contributed by atoms with Gasteiger partial charge in [-0.1, -0.05) is 28.1 Å². The molecule has 0 unspecified atom stereocenters. The zero-order chi connectivity index (χ0) is 9.97. The Balaban J connectivity index is 2.19. The molecule has 0 aliphatic heterocycles. The van der Waals surface area contributed by atoms with Crippen molar-refractivity contribution in [1.29, 1.82) is 0 Å². The summed E-state index contributed by atoms with van der Waals surface area (Å²) in [5.41, 5.74) is 1.58. The molecule has 4 heteroatoms. The van der Waals surface area contributed by atoms with Crippen molar-refractivity contribution in [1.82, 2.24) is 5.16 Å². The Hall–Kier alpha value is -1.29. The minimum Gasteiger partial charge on any atom is -0.339 e. The van der Waals surface area contributed by atoms with Crippen molar-refractivity contribution in [3.8, 4) is 0 Å². The van der Waals surface area contributed by atoms with Crippen LogP contribution in [0.4, 0.5) is 0 Å². The van der Waals surface area contributed by atoms with E-state index in [9.17, 15) is 4.79 Å². The van der Waals surface area contributed by atoms with Gasteiger partial charge in [-0.2, -0.15) is 0 Å². The van der Waals surface area contributed by atoms with Gasteiger partial charge in [0.2, 0.25) is 0 Å². The smallest absolute Gasteiger partial charge is 0.339 e. The lowest BCUT2D eigenvalue weighted by Crippen LogP contribution is -1.89. The fraction of sp³-hybridized carbons (Fsp3) is 0.100. The molecule has 1 N–H and O–H groups in total. The number of hydrogen-bond acceptors (Lipinski definition) is 2. The average Bonchev–Trinajstić information content (AvgIpc) is 2.56. The summed E-state index contributed by atoms with van der Waals surface area (Å²) in [7, 11) is 0. The third-order valence-corrected chi connectivity index (χ3v) is 2.41. The number of hydrogen-bond donors (Lipinski definition) is 1. The van der Waals surface area contributed by atoms with Gasteiger partial charge < -0.3 is 4.52 Å². The van der Waals surface area contributed by atoms with E-state index < -0.39 is 0 Å². The van der Waals surface area contributed by atoms with Gasteiger partial charge in [-0.15, -0.1) is 0 Å². The average molecular weight is 254 g/mol. The number of nitrogens with one attached hydrogen (secondary N) is 1. The Bertz CT molecular complexity index is 469. The molecule has 2 aromatic rings. The van der Waals surface area contributed by atoms with E-state index in [0.717, 1.165) is 15.7 Å². The maximum Gasteiger partial charge on any atom is 0.357 e. The van der Waals surface area contributed by atoms with Gasteiger partial charge >= 0.3 is 5.63 Å². The first-order chi connectivity index (χ1) is 6.74. The quantitative estimate of drug-likeness (QED) is 0.893. The first-order valence-corrected chi connectivity index (χ1v) is 4.95. The molecule has 0 fully saturated rings. The second kappa shape index (κ2) is 3.84. The van der Waals surface area contributed by atoms with Gasteiger partial charge in [-0.25, -0.2) is 9.95 Å². The summed E-state index contributed by atoms with van der Waals surface area (Å²) in [4.78, 5) is 10.7. The van der Waals surface area contributed by atoms with Crippen LogP contribution in [-0.2, 0) is 6.42 Å². The standard InChI is InChI=1S/C10H8BrNO2/c11-8-3-1-7(2-4-8)5-9-6-10(13)14-12-9/h1-4,6,12H,5H2. The van der Waals surface area contributed by atoms with Crippen molar-refractivity contribution in [3.63, 3.8) is 0 Å². The third kappa shape index (κ3) is 2.14. The SMILES string of the molecule is O=c1cc(Cc2ccc(Br)cc2)[nH]o1. The number of aromatic nitrogens is 1. The lowest BCUT2D eigenvalue weighted by Gasteiger charge is -1.97. The van der Waals surface area contributed by atoms with Gasteiger partial charge in [0.05, 0.1) is 5.69 Å². The van der Waals surface area contributed by atoms with Crippen LogP contribution in [0.2, 0.25) is 0 Å². The van der Waals surface area contributed by atoms with Crippen LogP contribution in [0.3, 0.4) is 0 Å². The Morgan fingerprint density at radius 3 is 2.57 bits per heavy atom. The maximum absolute atomic E-state index is 10.7. The zero-order valence-corrected chi connectivity index (χ0v) is 8.87. The molecule has 1 heterocycles. The van der Waals surface area contributed by atoms with E-state index in [4.69, 9.17) is 0 Å². The van der Waals surface area contributed by atoms with E-state index in [0.29, 0.717) is 6.42 Å². The summed E-state index contributed by atoms with van der Waals surface area (Å²) in [6.45, 7) is 0. The molecule has 0 amide bonds. The van der Waals surface area contributed by atoms with E-state index in [1.807, 2.05) is 24.3 Å². The van der Waals surface area contributed by atoms with Crippen molar-refractivity contribution in [2.45, 2.75) is 6.42 Å². The number of aromatic amines is 1. The number of halogens is 1. The van der Waals surface area contributed by atoms with Crippen LogP contribution >= 0.6 is 15.9 Å². The Morgan fingerprint density at radius 2 is 2.00 bits per heavy atom. The van der Waals surface area contributed by atoms with Crippen molar-refractivity contribution >= 4 is 15.9 Å². The summed E-state index contributed by atoms with van der Waals surface area (Å²) in [6.07, 6.45) is 0.680. The maximum atomic E-state index is 10.7. The van der Waals surface area contributed by atoms with Crippen molar-refractivity contribution < 1.29 is 4.52 Å². The molecule has 0 bridgehead atoms. The molecule has 72 valence electrons. The highest BCUT2D eigenvalue weighted by Crippen LogP contribution is 2.12. The van der Waals surface area contributed by atoms with Crippen LogP contribution in [-0.4, -0.2) is 5.16 Å². The molecule has 0 spiro atoms. The monoisotopic (exact) mass is 253 g/mol. The van der Waals surface area contributed by atoms with Gasteiger partial charge in [0.25, 0.3) is 0 Å². The first-order valence-electron chi connectivity index (χ1n) is 4.16. The van der Waals surface area contributed by atoms with Crippen LogP contribution in [0.5, 0.6) is 0 Å². The highest BCUT2D eigenvalue weighted by molar-refractivity contribution is 9.10. The van der Waals surface area contributed by atoms with E-state index in [2.05, 4.69) is 25.6 Å². The number of benzene rings is 1. The largest absolute Gasteiger partial charge is 0.357 e. The van der Waals surface area contributed by atoms with Gasteiger partial charge in [-0.05, 0) is 17.7 Å². The minimum atomic E-state index is -0.336. The Labute approximate surface area is 88.8 Å². The lowest BCUT2D eigenvalue weighted by molar-refractivity contribution is 0.386. The predicted octanol–water partition coefficient (Wildman–Crippen LogP) is 2.32. The van der Waals surface area contributed by atoms with Gasteiger partial charge in [0.15, 0.2) is 0 Å². The molecule has 1 aromatic heterocycles. The zero-order valence-electron chi connectivity index (χ0n) is 7.29. The summed E-state index contributed by atoms with van der Waals surface area (Å²) < 4.78 is 5.61. The topological polar surface area (TPSA) is 46.0 Å². The molecule has 0 aliphatic carbocycles. The van der Waals surface area contributed by atoms with Crippen molar-refractivity contribution in [2.24, 2.45) is 0 Å². The van der Waals surface area contributed by atoms with Crippen LogP contribution < -0.4 is 5.63 Å². The highest BCUT2D eigenvalue weighted by Gasteiger charge is 1.99. The summed E-state index contributed by atoms with van der Waals surface area (Å²) in [5, 5.41) is 2.57. The number of rotatable bonds is 2. The minimum absolute atomic E-state index is 0.336. The Morgan fingerprint density at radius 1 is 1.29 bits per heavy atom. The molecule has 0 atom stereocenters. The predicted molar refractivity (Wildman–Crippen MR) is 56.3 cm³/mol. The van der Waals surface area contributed by atoms with E-state index in [-0.39, 0.29) is 5.63 Å². The van der Waals surface area contributed by atoms with Crippen LogP contribution in [0, 0.1) is 0 Å². The van der Waals surface area contributed by atoms with Gasteiger partial charge in [0.1, 0.15) is 0 Å². The summed E-state index contributed by atoms with van der Waals surface area (Å²) in [5.74, 6) is 0. The van der Waals surface area contributed by atoms with E-state index in [1.165, 1.54) is 6.07 Å². The molecule has 1 aromatic carbocycles. The molecule has 0 aliphatic rings.